The minimum atomic E-state index is 0. The maximum Gasteiger partial charge on any atom is 2.00 e. The van der Waals surface area contributed by atoms with Gasteiger partial charge in [-0.05, 0) is 35.3 Å². The topological polar surface area (TPSA) is 37.8 Å². The van der Waals surface area contributed by atoms with E-state index in [2.05, 4.69) is 50.7 Å². The van der Waals surface area contributed by atoms with E-state index < -0.39 is 0 Å². The van der Waals surface area contributed by atoms with Crippen molar-refractivity contribution in [3.05, 3.63) is 128 Å². The molecule has 2 aromatic carbocycles. The van der Waals surface area contributed by atoms with E-state index in [1.54, 1.807) is 24.6 Å². The zero-order valence-electron chi connectivity index (χ0n) is 18.1. The summed E-state index contributed by atoms with van der Waals surface area (Å²) in [4.78, 5) is 2.76. The van der Waals surface area contributed by atoms with Crippen LogP contribution in [0.15, 0.2) is 105 Å². The van der Waals surface area contributed by atoms with Gasteiger partial charge in [0, 0.05) is 5.56 Å². The Labute approximate surface area is 218 Å². The van der Waals surface area contributed by atoms with E-state index in [9.17, 15) is 0 Å². The second-order valence-corrected chi connectivity index (χ2v) is 6.46. The van der Waals surface area contributed by atoms with Crippen molar-refractivity contribution in [2.75, 3.05) is 0 Å². The molecule has 2 aromatic rings. The molecule has 30 heavy (non-hydrogen) atoms. The van der Waals surface area contributed by atoms with Crippen molar-refractivity contribution in [2.24, 2.45) is 0 Å². The Morgan fingerprint density at radius 2 is 1.63 bits per heavy atom. The molecule has 0 heterocycles. The molecule has 0 saturated carbocycles. The molecule has 0 spiro atoms. The summed E-state index contributed by atoms with van der Waals surface area (Å²) in [5.41, 5.74) is 4.72. The zero-order valence-corrected chi connectivity index (χ0v) is 21.5. The van der Waals surface area contributed by atoms with Crippen LogP contribution in [0.2, 0.25) is 0 Å². The molecule has 0 amide bonds. The van der Waals surface area contributed by atoms with Crippen molar-refractivity contribution in [3.63, 3.8) is 0 Å². The van der Waals surface area contributed by atoms with E-state index >= 15 is 0 Å². The van der Waals surface area contributed by atoms with E-state index in [0.717, 1.165) is 16.7 Å². The third-order valence-electron chi connectivity index (χ3n) is 3.98. The van der Waals surface area contributed by atoms with Gasteiger partial charge in [0.1, 0.15) is 6.20 Å². The maximum absolute atomic E-state index is 8.29. The summed E-state index contributed by atoms with van der Waals surface area (Å²) in [5, 5.41) is 8.29. The van der Waals surface area contributed by atoms with Crippen LogP contribution in [0.3, 0.4) is 0 Å². The van der Waals surface area contributed by atoms with Crippen LogP contribution in [0.1, 0.15) is 36.5 Å². The van der Waals surface area contributed by atoms with E-state index in [4.69, 9.17) is 5.41 Å². The van der Waals surface area contributed by atoms with Crippen LogP contribution in [0.5, 0.6) is 0 Å². The van der Waals surface area contributed by atoms with Gasteiger partial charge in [-0.15, -0.1) is 6.08 Å². The quantitative estimate of drug-likeness (QED) is 0.239. The molecular formula is C27H30N2Sr+2. The van der Waals surface area contributed by atoms with Crippen LogP contribution in [-0.4, -0.2) is 57.4 Å². The van der Waals surface area contributed by atoms with Gasteiger partial charge in [0.2, 0.25) is 0 Å². The minimum absolute atomic E-state index is 0. The monoisotopic (exact) mass is 470 g/mol. The molecule has 2 nitrogen and oxygen atoms in total. The number of hydrogen-bond acceptors (Lipinski definition) is 1. The number of nitrogens with one attached hydrogen (secondary N) is 2. The third-order valence-corrected chi connectivity index (χ3v) is 3.98. The van der Waals surface area contributed by atoms with E-state index in [0.29, 0.717) is 11.6 Å². The molecule has 0 fully saturated rings. The molecule has 0 aromatic heterocycles. The first-order valence-corrected chi connectivity index (χ1v) is 9.50. The molecule has 0 unspecified atom stereocenters. The molecule has 3 heteroatoms. The van der Waals surface area contributed by atoms with Crippen molar-refractivity contribution in [1.29, 1.82) is 5.41 Å². The SMILES string of the molecule is C=C(/C=C\C(=N)c1ccccc1C(C)C)c1ccccc1.C=C[C-]=CC=[NH+]C=C.[Sr+2]. The van der Waals surface area contributed by atoms with Gasteiger partial charge >= 0.3 is 45.5 Å². The molecule has 0 aliphatic carbocycles. The minimum Gasteiger partial charge on any atom is -0.300 e. The molecule has 2 rings (SSSR count). The first kappa shape index (κ1) is 28.0. The number of benzene rings is 2. The van der Waals surface area contributed by atoms with Crippen molar-refractivity contribution < 1.29 is 4.99 Å². The molecule has 0 saturated heterocycles. The molecular weight excluding hydrogens is 440 g/mol. The first-order chi connectivity index (χ1) is 14.0. The van der Waals surface area contributed by atoms with Gasteiger partial charge in [-0.25, -0.2) is 0 Å². The summed E-state index contributed by atoms with van der Waals surface area (Å²) in [5.74, 6) is 0.410. The van der Waals surface area contributed by atoms with Crippen LogP contribution >= 0.6 is 0 Å². The van der Waals surface area contributed by atoms with Gasteiger partial charge in [-0.3, -0.25) is 4.99 Å². The fourth-order valence-electron chi connectivity index (χ4n) is 2.50. The Hall–Kier alpha value is -2.04. The average Bonchev–Trinajstić information content (AvgIpc) is 2.76. The summed E-state index contributed by atoms with van der Waals surface area (Å²) < 4.78 is 0. The smallest absolute Gasteiger partial charge is 0.300 e. The normalized spacial score (nSPS) is 10.5. The summed E-state index contributed by atoms with van der Waals surface area (Å²) in [6.07, 6.45) is 13.1. The van der Waals surface area contributed by atoms with E-state index in [1.807, 2.05) is 60.7 Å². The van der Waals surface area contributed by atoms with E-state index in [1.165, 1.54) is 5.56 Å². The molecule has 0 atom stereocenters. The third kappa shape index (κ3) is 10.7. The maximum atomic E-state index is 8.29. The van der Waals surface area contributed by atoms with Crippen LogP contribution in [-0.2, 0) is 0 Å². The predicted octanol–water partition coefficient (Wildman–Crippen LogP) is 4.89. The van der Waals surface area contributed by atoms with Crippen molar-refractivity contribution >= 4 is 63.0 Å². The second-order valence-electron chi connectivity index (χ2n) is 6.46. The fourth-order valence-corrected chi connectivity index (χ4v) is 2.50. The van der Waals surface area contributed by atoms with E-state index in [-0.39, 0.29) is 45.5 Å². The van der Waals surface area contributed by atoms with Gasteiger partial charge in [0.15, 0.2) is 0 Å². The standard InChI is InChI=1S/C20H21N.C7H8N.Sr/c1-15(2)18-11-7-8-12-19(18)20(21)14-13-16(3)17-9-5-4-6-10-17;1-3-5-6-7-8-4-2;/h4-15,21H,3H2,1-2H3;3-4,6-7H,1-2H2;/q;-1;+2/p+1/b14-13-,21-20?;;. The van der Waals surface area contributed by atoms with Crippen molar-refractivity contribution in [2.45, 2.75) is 19.8 Å². The fraction of sp³-hybridized carbons (Fsp3) is 0.111. The Kier molecular flexibility index (Phi) is 15.6. The van der Waals surface area contributed by atoms with Gasteiger partial charge in [-0.1, -0.05) is 81.1 Å². The molecule has 148 valence electrons. The Morgan fingerprint density at radius 1 is 1.00 bits per heavy atom. The van der Waals surface area contributed by atoms with Gasteiger partial charge < -0.3 is 5.41 Å². The molecule has 0 radical (unpaired) electrons. The first-order valence-electron chi connectivity index (χ1n) is 9.50. The molecule has 0 aliphatic heterocycles. The zero-order chi connectivity index (χ0) is 21.5. The van der Waals surface area contributed by atoms with Crippen LogP contribution in [0, 0.1) is 11.5 Å². The van der Waals surface area contributed by atoms with Gasteiger partial charge in [0.25, 0.3) is 0 Å². The Morgan fingerprint density at radius 3 is 2.23 bits per heavy atom. The van der Waals surface area contributed by atoms with Gasteiger partial charge in [0.05, 0.1) is 11.9 Å². The summed E-state index contributed by atoms with van der Waals surface area (Å²) in [6, 6.07) is 18.1. The van der Waals surface area contributed by atoms with Gasteiger partial charge in [-0.2, -0.15) is 18.7 Å². The molecule has 0 bridgehead atoms. The summed E-state index contributed by atoms with van der Waals surface area (Å²) >= 11 is 0. The summed E-state index contributed by atoms with van der Waals surface area (Å²) in [7, 11) is 0. The van der Waals surface area contributed by atoms with Crippen molar-refractivity contribution in [1.82, 2.24) is 0 Å². The van der Waals surface area contributed by atoms with Crippen LogP contribution < -0.4 is 4.99 Å². The molecule has 0 aliphatic rings. The van der Waals surface area contributed by atoms with Crippen LogP contribution in [0.25, 0.3) is 5.57 Å². The average molecular weight is 470 g/mol. The number of allylic oxidation sites excluding steroid dienone is 6. The summed E-state index contributed by atoms with van der Waals surface area (Å²) in [6.45, 7) is 15.3. The Bertz CT molecular complexity index is 887. The number of rotatable bonds is 8. The van der Waals surface area contributed by atoms with Crippen molar-refractivity contribution in [3.8, 4) is 0 Å². The molecule has 2 N–H and O–H groups in total. The second kappa shape index (κ2) is 16.7. The predicted molar refractivity (Wildman–Crippen MR) is 133 cm³/mol. The van der Waals surface area contributed by atoms with Crippen LogP contribution in [0.4, 0.5) is 0 Å². The largest absolute Gasteiger partial charge is 2.00 e. The number of hydrogen-bond donors (Lipinski definition) is 2. The Balaban J connectivity index is 0.000000801.